The van der Waals surface area contributed by atoms with Gasteiger partial charge in [0.1, 0.15) is 6.54 Å². The molecule has 0 spiro atoms. The van der Waals surface area contributed by atoms with Gasteiger partial charge in [0, 0.05) is 13.1 Å². The molecule has 1 aliphatic carbocycles. The predicted octanol–water partition coefficient (Wildman–Crippen LogP) is 1.56. The maximum absolute atomic E-state index is 12.9. The van der Waals surface area contributed by atoms with Gasteiger partial charge >= 0.3 is 0 Å². The fourth-order valence-electron chi connectivity index (χ4n) is 4.63. The van der Waals surface area contributed by atoms with Gasteiger partial charge < -0.3 is 4.57 Å². The van der Waals surface area contributed by atoms with E-state index in [9.17, 15) is 14.4 Å². The normalized spacial score (nSPS) is 25.1. The van der Waals surface area contributed by atoms with Crippen LogP contribution in [-0.4, -0.2) is 45.3 Å². The summed E-state index contributed by atoms with van der Waals surface area (Å²) in [6.45, 7) is 1.03. The zero-order valence-electron chi connectivity index (χ0n) is 14.4. The van der Waals surface area contributed by atoms with Crippen molar-refractivity contribution in [3.05, 3.63) is 24.3 Å². The van der Waals surface area contributed by atoms with Gasteiger partial charge in [-0.2, -0.15) is 0 Å². The number of imide groups is 1. The highest BCUT2D eigenvalue weighted by atomic mass is 16.2. The maximum atomic E-state index is 12.9. The summed E-state index contributed by atoms with van der Waals surface area (Å²) in [6, 6.07) is 7.77. The minimum atomic E-state index is -0.237. The number of carbonyl (C=O) groups is 3. The smallest absolute Gasteiger partial charge is 0.249 e. The monoisotopic (exact) mass is 352 g/mol. The Morgan fingerprint density at radius 3 is 2.46 bits per heavy atom. The number of likely N-dealkylation sites (tertiary alicyclic amines) is 1. The van der Waals surface area contributed by atoms with Gasteiger partial charge in [0.15, 0.2) is 0 Å². The number of aromatic nitrogens is 2. The molecule has 0 unspecified atom stereocenters. The van der Waals surface area contributed by atoms with Crippen molar-refractivity contribution in [2.75, 3.05) is 18.0 Å². The molecule has 0 N–H and O–H groups in total. The van der Waals surface area contributed by atoms with Crippen molar-refractivity contribution in [2.24, 2.45) is 11.8 Å². The molecule has 0 radical (unpaired) electrons. The number of para-hydroxylation sites is 2. The lowest BCUT2D eigenvalue weighted by Gasteiger charge is -2.19. The van der Waals surface area contributed by atoms with Gasteiger partial charge in [0.25, 0.3) is 0 Å². The van der Waals surface area contributed by atoms with Gasteiger partial charge in [-0.05, 0) is 25.0 Å². The van der Waals surface area contributed by atoms with Gasteiger partial charge in [-0.15, -0.1) is 0 Å². The zero-order valence-corrected chi connectivity index (χ0v) is 14.4. The van der Waals surface area contributed by atoms with E-state index in [0.717, 1.165) is 36.7 Å². The molecule has 3 amide bonds. The van der Waals surface area contributed by atoms with Crippen LogP contribution in [0.1, 0.15) is 25.7 Å². The van der Waals surface area contributed by atoms with Crippen LogP contribution in [0.15, 0.2) is 24.3 Å². The third kappa shape index (κ3) is 2.12. The van der Waals surface area contributed by atoms with Gasteiger partial charge in [0.2, 0.25) is 23.7 Å². The van der Waals surface area contributed by atoms with Gasteiger partial charge in [0.05, 0.1) is 22.9 Å². The van der Waals surface area contributed by atoms with Gasteiger partial charge in [-0.3, -0.25) is 24.2 Å². The first kappa shape index (κ1) is 15.5. The molecule has 0 bridgehead atoms. The summed E-state index contributed by atoms with van der Waals surface area (Å²) in [5.41, 5.74) is 1.84. The highest BCUT2D eigenvalue weighted by Gasteiger charge is 2.49. The molecule has 134 valence electrons. The second kappa shape index (κ2) is 5.65. The Morgan fingerprint density at radius 2 is 1.73 bits per heavy atom. The average molecular weight is 352 g/mol. The molecule has 5 rings (SSSR count). The predicted molar refractivity (Wildman–Crippen MR) is 94.3 cm³/mol. The molecule has 26 heavy (non-hydrogen) atoms. The van der Waals surface area contributed by atoms with Crippen LogP contribution in [0.2, 0.25) is 0 Å². The summed E-state index contributed by atoms with van der Waals surface area (Å²) in [5, 5.41) is 0. The number of hydrogen-bond donors (Lipinski definition) is 0. The van der Waals surface area contributed by atoms with Crippen LogP contribution in [-0.2, 0) is 20.9 Å². The Bertz CT molecular complexity index is 910. The molecule has 1 aromatic carbocycles. The molecule has 7 nitrogen and oxygen atoms in total. The van der Waals surface area contributed by atoms with E-state index in [2.05, 4.69) is 4.98 Å². The third-order valence-corrected chi connectivity index (χ3v) is 5.95. The Morgan fingerprint density at radius 1 is 1.04 bits per heavy atom. The van der Waals surface area contributed by atoms with Crippen LogP contribution < -0.4 is 4.90 Å². The summed E-state index contributed by atoms with van der Waals surface area (Å²) < 4.78 is 2.01. The topological polar surface area (TPSA) is 75.5 Å². The number of imidazole rings is 1. The minimum Gasteiger partial charge on any atom is -0.308 e. The van der Waals surface area contributed by atoms with E-state index >= 15 is 0 Å². The fraction of sp³-hybridized carbons (Fsp3) is 0.474. The Labute approximate surface area is 150 Å². The van der Waals surface area contributed by atoms with Gasteiger partial charge in [-0.1, -0.05) is 25.0 Å². The van der Waals surface area contributed by atoms with Crippen LogP contribution in [0.4, 0.5) is 5.95 Å². The molecule has 2 aromatic rings. The molecule has 1 aromatic heterocycles. The minimum absolute atomic E-state index is 0.166. The van der Waals surface area contributed by atoms with Crippen LogP contribution in [0.3, 0.4) is 0 Å². The Kier molecular flexibility index (Phi) is 3.38. The van der Waals surface area contributed by atoms with E-state index in [-0.39, 0.29) is 36.1 Å². The first-order valence-electron chi connectivity index (χ1n) is 9.26. The lowest BCUT2D eigenvalue weighted by atomic mass is 9.81. The molecular formula is C19H20N4O3. The number of hydrogen-bond acceptors (Lipinski definition) is 4. The van der Waals surface area contributed by atoms with E-state index in [4.69, 9.17) is 0 Å². The van der Waals surface area contributed by atoms with Crippen molar-refractivity contribution in [3.63, 3.8) is 0 Å². The number of benzene rings is 1. The molecule has 1 saturated carbocycles. The third-order valence-electron chi connectivity index (χ3n) is 5.95. The zero-order chi connectivity index (χ0) is 17.8. The summed E-state index contributed by atoms with van der Waals surface area (Å²) in [5.74, 6) is -0.395. The number of rotatable bonds is 2. The van der Waals surface area contributed by atoms with Crippen LogP contribution in [0.5, 0.6) is 0 Å². The molecule has 2 aliphatic heterocycles. The van der Waals surface area contributed by atoms with Crippen molar-refractivity contribution >= 4 is 34.7 Å². The quantitative estimate of drug-likeness (QED) is 0.769. The second-order valence-corrected chi connectivity index (χ2v) is 7.36. The molecule has 1 saturated heterocycles. The summed E-state index contributed by atoms with van der Waals surface area (Å²) in [7, 11) is 0. The van der Waals surface area contributed by atoms with Crippen molar-refractivity contribution in [1.82, 2.24) is 14.5 Å². The molecule has 7 heteroatoms. The molecule has 2 fully saturated rings. The summed E-state index contributed by atoms with van der Waals surface area (Å²) in [6.07, 6.45) is 3.50. The van der Waals surface area contributed by atoms with Crippen molar-refractivity contribution < 1.29 is 14.4 Å². The lowest BCUT2D eigenvalue weighted by molar-refractivity contribution is -0.143. The first-order chi connectivity index (χ1) is 12.6. The maximum Gasteiger partial charge on any atom is 0.249 e. The molecule has 3 heterocycles. The highest BCUT2D eigenvalue weighted by molar-refractivity contribution is 6.09. The molecule has 2 atom stereocenters. The fourth-order valence-corrected chi connectivity index (χ4v) is 4.63. The van der Waals surface area contributed by atoms with E-state index < -0.39 is 0 Å². The molecule has 3 aliphatic rings. The van der Waals surface area contributed by atoms with Crippen LogP contribution in [0, 0.1) is 11.8 Å². The van der Waals surface area contributed by atoms with Gasteiger partial charge in [-0.25, -0.2) is 4.98 Å². The first-order valence-corrected chi connectivity index (χ1v) is 9.26. The number of nitrogens with zero attached hydrogens (tertiary/aromatic N) is 4. The second-order valence-electron chi connectivity index (χ2n) is 7.36. The highest BCUT2D eigenvalue weighted by Crippen LogP contribution is 2.38. The van der Waals surface area contributed by atoms with Crippen molar-refractivity contribution in [2.45, 2.75) is 32.2 Å². The van der Waals surface area contributed by atoms with Crippen LogP contribution >= 0.6 is 0 Å². The van der Waals surface area contributed by atoms with Crippen molar-refractivity contribution in [3.8, 4) is 0 Å². The van der Waals surface area contributed by atoms with E-state index in [0.29, 0.717) is 19.0 Å². The lowest BCUT2D eigenvalue weighted by Crippen LogP contribution is -2.43. The van der Waals surface area contributed by atoms with E-state index in [1.165, 1.54) is 4.90 Å². The van der Waals surface area contributed by atoms with E-state index in [1.807, 2.05) is 28.8 Å². The summed E-state index contributed by atoms with van der Waals surface area (Å²) in [4.78, 5) is 45.4. The Hall–Kier alpha value is -2.70. The Balaban J connectivity index is 1.39. The number of anilines is 1. The van der Waals surface area contributed by atoms with Crippen LogP contribution in [0.25, 0.3) is 11.0 Å². The van der Waals surface area contributed by atoms with E-state index in [1.54, 1.807) is 4.90 Å². The SMILES string of the molecule is O=C1[C@H]2CCCC[C@@H]2C(=O)N1CC(=O)N1CCn2c1nc1ccccc12. The largest absolute Gasteiger partial charge is 0.308 e. The standard InChI is InChI=1S/C19H20N4O3/c24-16(11-23-17(25)12-5-1-2-6-13(12)18(23)26)22-10-9-21-15-8-4-3-7-14(15)20-19(21)22/h3-4,7-8,12-13H,1-2,5-6,9-11H2/t12-,13-/m0/s1. The summed E-state index contributed by atoms with van der Waals surface area (Å²) >= 11 is 0. The number of amides is 3. The number of carbonyl (C=O) groups excluding carboxylic acids is 3. The van der Waals surface area contributed by atoms with Crippen molar-refractivity contribution in [1.29, 1.82) is 0 Å². The number of fused-ring (bicyclic) bond motifs is 4. The average Bonchev–Trinajstić information content (AvgIpc) is 3.29. The molecular weight excluding hydrogens is 332 g/mol.